The molecule has 0 aliphatic carbocycles. The Bertz CT molecular complexity index is 2860. The normalized spacial score (nSPS) is 21.1. The highest BCUT2D eigenvalue weighted by Gasteiger charge is 2.30. The number of carbonyl (C=O) groups excluding carboxylic acids is 3. The van der Waals surface area contributed by atoms with Gasteiger partial charge >= 0.3 is 0 Å². The maximum Gasteiger partial charge on any atom is 0.270 e. The first-order valence-electron chi connectivity index (χ1n) is 20.4. The van der Waals surface area contributed by atoms with Crippen LogP contribution in [0.2, 0.25) is 0 Å². The first-order valence-corrected chi connectivity index (χ1v) is 19.4. The molecule has 7 heterocycles. The zero-order valence-corrected chi connectivity index (χ0v) is 32.1. The Kier molecular flexibility index (Phi) is 9.16. The van der Waals surface area contributed by atoms with Gasteiger partial charge in [-0.05, 0) is 98.3 Å². The second-order valence-electron chi connectivity index (χ2n) is 14.7. The third-order valence-corrected chi connectivity index (χ3v) is 11.1. The van der Waals surface area contributed by atoms with E-state index >= 15 is 0 Å². The number of amides is 3. The summed E-state index contributed by atoms with van der Waals surface area (Å²) in [5, 5.41) is 6.79. The molecule has 2 N–H and O–H groups in total. The van der Waals surface area contributed by atoms with Crippen LogP contribution in [-0.2, 0) is 27.8 Å². The predicted molar refractivity (Wildman–Crippen MR) is 218 cm³/mol. The van der Waals surface area contributed by atoms with E-state index in [1.807, 2.05) is 24.3 Å². The van der Waals surface area contributed by atoms with Gasteiger partial charge in [-0.1, -0.05) is 18.1 Å². The summed E-state index contributed by atoms with van der Waals surface area (Å²) in [6, 6.07) is 16.4. The van der Waals surface area contributed by atoms with E-state index in [2.05, 4.69) is 32.4 Å². The number of carbonyl (C=O) groups is 3. The smallest absolute Gasteiger partial charge is 0.270 e. The molecule has 9 rings (SSSR count). The molecule has 3 atom stereocenters. The van der Waals surface area contributed by atoms with Crippen molar-refractivity contribution in [1.82, 2.24) is 30.2 Å². The minimum absolute atomic E-state index is 0.0404. The van der Waals surface area contributed by atoms with Gasteiger partial charge in [0.1, 0.15) is 11.3 Å². The van der Waals surface area contributed by atoms with Crippen LogP contribution in [0.15, 0.2) is 76.2 Å². The number of piperidine rings is 1. The highest BCUT2D eigenvalue weighted by atomic mass is 16.5. The Morgan fingerprint density at radius 1 is 1.03 bits per heavy atom. The number of anilines is 2. The van der Waals surface area contributed by atoms with Crippen LogP contribution >= 0.6 is 0 Å². The quantitative estimate of drug-likeness (QED) is 0.158. The van der Waals surface area contributed by atoms with Gasteiger partial charge in [-0.3, -0.25) is 29.5 Å². The van der Waals surface area contributed by atoms with E-state index in [-0.39, 0.29) is 42.6 Å². The lowest BCUT2D eigenvalue weighted by molar-refractivity contribution is -0.134. The number of aromatic nitrogens is 4. The summed E-state index contributed by atoms with van der Waals surface area (Å²) in [5.74, 6) is 4.04. The highest BCUT2D eigenvalue weighted by Crippen LogP contribution is 2.40. The highest BCUT2D eigenvalue weighted by molar-refractivity contribution is 6.03. The average molecular weight is 778 g/mol. The molecule has 4 aromatic heterocycles. The fraction of sp³-hybridized carbons (Fsp3) is 0.311. The molecule has 0 saturated carbocycles. The molecule has 0 spiro atoms. The maximum atomic E-state index is 13.1. The Hall–Kier alpha value is -6.65. The Morgan fingerprint density at radius 2 is 1.93 bits per heavy atom. The van der Waals surface area contributed by atoms with Crippen LogP contribution in [0.1, 0.15) is 85.3 Å². The molecule has 2 saturated heterocycles. The third-order valence-electron chi connectivity index (χ3n) is 11.1. The molecule has 292 valence electrons. The van der Waals surface area contributed by atoms with Gasteiger partial charge in [-0.25, -0.2) is 9.97 Å². The Morgan fingerprint density at radius 3 is 2.76 bits per heavy atom. The van der Waals surface area contributed by atoms with Crippen LogP contribution in [0.4, 0.5) is 11.4 Å². The van der Waals surface area contributed by atoms with Crippen LogP contribution in [0.25, 0.3) is 33.3 Å². The first-order chi connectivity index (χ1) is 29.0. The number of hydrogen-bond acceptors (Lipinski definition) is 10. The second-order valence-corrected chi connectivity index (χ2v) is 14.7. The van der Waals surface area contributed by atoms with Gasteiger partial charge in [0.2, 0.25) is 11.8 Å². The van der Waals surface area contributed by atoms with Crippen LogP contribution in [0, 0.1) is 18.8 Å². The zero-order chi connectivity index (χ0) is 41.7. The van der Waals surface area contributed by atoms with Crippen LogP contribution < -0.4 is 21.1 Å². The summed E-state index contributed by atoms with van der Waals surface area (Å²) in [6.45, 7) is 3.08. The number of aryl methyl sites for hydroxylation is 3. The molecule has 58 heavy (non-hydrogen) atoms. The van der Waals surface area contributed by atoms with Crippen molar-refractivity contribution in [2.24, 2.45) is 7.05 Å². The van der Waals surface area contributed by atoms with Crippen molar-refractivity contribution in [1.29, 1.82) is 0 Å². The van der Waals surface area contributed by atoms with Gasteiger partial charge < -0.3 is 23.9 Å². The van der Waals surface area contributed by atoms with Gasteiger partial charge in [0.05, 0.1) is 41.2 Å². The molecular formula is C45H41N7O6. The summed E-state index contributed by atoms with van der Waals surface area (Å²) in [5.41, 5.74) is 6.57. The zero-order valence-electron chi connectivity index (χ0n) is 34.1. The van der Waals surface area contributed by atoms with Crippen LogP contribution in [-0.4, -0.2) is 63.5 Å². The fourth-order valence-electron chi connectivity index (χ4n) is 8.08. The summed E-state index contributed by atoms with van der Waals surface area (Å²) < 4.78 is 31.2. The largest absolute Gasteiger partial charge is 0.448 e. The number of nitrogens with one attached hydrogen (secondary N) is 2. The van der Waals surface area contributed by atoms with Crippen molar-refractivity contribution in [3.05, 3.63) is 111 Å². The second kappa shape index (κ2) is 15.4. The van der Waals surface area contributed by atoms with Gasteiger partial charge in [0, 0.05) is 70.1 Å². The number of ether oxygens (including phenoxy) is 1. The molecule has 2 fully saturated rings. The molecule has 13 nitrogen and oxygen atoms in total. The van der Waals surface area contributed by atoms with E-state index in [0.717, 1.165) is 46.2 Å². The molecule has 3 aliphatic rings. The van der Waals surface area contributed by atoms with Crippen LogP contribution in [0.5, 0.6) is 0 Å². The number of rotatable bonds is 6. The van der Waals surface area contributed by atoms with Gasteiger partial charge in [-0.15, -0.1) is 0 Å². The lowest BCUT2D eigenvalue weighted by atomic mass is 9.88. The predicted octanol–water partition coefficient (Wildman–Crippen LogP) is 5.73. The van der Waals surface area contributed by atoms with E-state index in [1.165, 1.54) is 0 Å². The molecule has 6 aromatic rings. The lowest BCUT2D eigenvalue weighted by Crippen LogP contribution is -2.39. The van der Waals surface area contributed by atoms with Crippen LogP contribution in [0.3, 0.4) is 0 Å². The van der Waals surface area contributed by atoms with Gasteiger partial charge in [0.15, 0.2) is 11.6 Å². The number of imide groups is 1. The van der Waals surface area contributed by atoms with E-state index in [1.54, 1.807) is 61.3 Å². The summed E-state index contributed by atoms with van der Waals surface area (Å²) >= 11 is 0. The summed E-state index contributed by atoms with van der Waals surface area (Å²) in [4.78, 5) is 66.5. The molecule has 13 heteroatoms. The van der Waals surface area contributed by atoms with Crippen molar-refractivity contribution < 1.29 is 26.3 Å². The first kappa shape index (κ1) is 34.6. The van der Waals surface area contributed by atoms with Crippen molar-refractivity contribution in [2.75, 3.05) is 31.2 Å². The maximum absolute atomic E-state index is 13.1. The average Bonchev–Trinajstić information content (AvgIpc) is 3.68. The number of nitrogens with zero attached hydrogens (tertiary/aromatic N) is 5. The van der Waals surface area contributed by atoms with Crippen molar-refractivity contribution in [3.63, 3.8) is 0 Å². The molecule has 3 aliphatic heterocycles. The van der Waals surface area contributed by atoms with E-state index in [9.17, 15) is 20.5 Å². The van der Waals surface area contributed by atoms with E-state index < -0.39 is 24.1 Å². The number of pyridine rings is 2. The molecule has 3 amide bonds. The minimum Gasteiger partial charge on any atom is -0.448 e. The van der Waals surface area contributed by atoms with Crippen molar-refractivity contribution >= 4 is 51.0 Å². The number of furan rings is 1. The Labute approximate surface area is 336 Å². The lowest BCUT2D eigenvalue weighted by Gasteiger charge is -2.33. The fourth-order valence-corrected chi connectivity index (χ4v) is 8.08. The topological polar surface area (TPSA) is 162 Å². The third kappa shape index (κ3) is 7.00. The van der Waals surface area contributed by atoms with E-state index in [4.69, 9.17) is 20.5 Å². The number of benzene rings is 2. The molecule has 2 aromatic carbocycles. The number of fused-ring (bicyclic) bond motifs is 3. The standard InChI is InChI=1S/C45H41N7O6/c1-26-20-34-37(51(2)45(26)56)21-29(27-14-18-57-19-15-27)22-38(34)52-17-5-8-35-39(52)25-48-42(49-35)28-10-12-36(47-24-28)44(55)46-16-4-6-30-23-33-31(7-3-9-40(33)58-30)32-11-13-41(53)50-43(32)54/h3,7,9-10,12,20-25,27,32H,5,8,11,13-19H2,1-2H3,(H,46,55)(H,50,53,54)/i14D,27D. The molecule has 0 radical (unpaired) electrons. The van der Waals surface area contributed by atoms with Crippen molar-refractivity contribution in [2.45, 2.75) is 57.2 Å². The van der Waals surface area contributed by atoms with Gasteiger partial charge in [0.25, 0.3) is 11.5 Å². The van der Waals surface area contributed by atoms with E-state index in [0.29, 0.717) is 65.4 Å². The summed E-state index contributed by atoms with van der Waals surface area (Å²) in [7, 11) is 1.74. The Balaban J connectivity index is 0.916. The minimum atomic E-state index is -1.20. The molecule has 0 bridgehead atoms. The SMILES string of the molecule is [2H]C1COCCC1([2H])c1cc(N2CCCc3nc(-c4ccc(C(=O)NCC#Cc5cc6c(C7CCC(=O)NC7=O)cccc6o5)nc4)ncc32)c2cc(C)c(=O)n(C)c2c1. The molecule has 3 unspecified atom stereocenters. The van der Waals surface area contributed by atoms with Crippen molar-refractivity contribution in [3.8, 4) is 23.2 Å². The van der Waals surface area contributed by atoms with Gasteiger partial charge in [-0.2, -0.15) is 0 Å². The number of hydrogen-bond donors (Lipinski definition) is 2. The molecular weight excluding hydrogens is 735 g/mol. The monoisotopic (exact) mass is 777 g/mol. The summed E-state index contributed by atoms with van der Waals surface area (Å²) in [6.07, 6.45) is 5.18.